The standard InChI is InChI=1S/C17H25N7O2/c1-4-23(3)16(14-8-6-5-7-9-14)17(26)21-13(2)10-18-15(25)11-24-20-12-19-22-24/h5-9,12-13,16H,4,10-11H2,1-3H3,(H,18,25)(H,21,26). The molecule has 2 unspecified atom stereocenters. The number of tetrazole rings is 1. The van der Waals surface area contributed by atoms with Crippen molar-refractivity contribution in [1.82, 2.24) is 35.7 Å². The fourth-order valence-electron chi connectivity index (χ4n) is 2.51. The Bertz CT molecular complexity index is 690. The van der Waals surface area contributed by atoms with Gasteiger partial charge in [-0.25, -0.2) is 0 Å². The molecule has 0 aliphatic carbocycles. The molecule has 2 atom stereocenters. The topological polar surface area (TPSA) is 105 Å². The molecule has 0 spiro atoms. The maximum Gasteiger partial charge on any atom is 0.243 e. The smallest absolute Gasteiger partial charge is 0.243 e. The van der Waals surface area contributed by atoms with Gasteiger partial charge in [0.25, 0.3) is 0 Å². The summed E-state index contributed by atoms with van der Waals surface area (Å²) in [5, 5.41) is 16.7. The summed E-state index contributed by atoms with van der Waals surface area (Å²) in [5.74, 6) is -0.338. The Balaban J connectivity index is 1.88. The Morgan fingerprint density at radius 1 is 1.27 bits per heavy atom. The molecule has 1 aromatic heterocycles. The second-order valence-electron chi connectivity index (χ2n) is 6.07. The fraction of sp³-hybridized carbons (Fsp3) is 0.471. The van der Waals surface area contributed by atoms with E-state index in [9.17, 15) is 9.59 Å². The van der Waals surface area contributed by atoms with E-state index in [2.05, 4.69) is 26.0 Å². The largest absolute Gasteiger partial charge is 0.352 e. The van der Waals surface area contributed by atoms with E-state index in [0.717, 1.165) is 12.1 Å². The summed E-state index contributed by atoms with van der Waals surface area (Å²) >= 11 is 0. The lowest BCUT2D eigenvalue weighted by atomic mass is 10.0. The van der Waals surface area contributed by atoms with Gasteiger partial charge in [0.1, 0.15) is 12.6 Å². The van der Waals surface area contributed by atoms with Crippen LogP contribution in [0.3, 0.4) is 0 Å². The van der Waals surface area contributed by atoms with E-state index in [1.165, 1.54) is 11.1 Å². The van der Waals surface area contributed by atoms with Crippen LogP contribution in [0.2, 0.25) is 0 Å². The first-order chi connectivity index (χ1) is 12.5. The van der Waals surface area contributed by atoms with Crippen molar-refractivity contribution in [2.24, 2.45) is 0 Å². The summed E-state index contributed by atoms with van der Waals surface area (Å²) in [7, 11) is 1.91. The molecular weight excluding hydrogens is 334 g/mol. The zero-order valence-corrected chi connectivity index (χ0v) is 15.3. The average molecular weight is 359 g/mol. The molecule has 0 aliphatic heterocycles. The van der Waals surface area contributed by atoms with Gasteiger partial charge in [-0.1, -0.05) is 37.3 Å². The number of nitrogens with one attached hydrogen (secondary N) is 2. The van der Waals surface area contributed by atoms with Gasteiger partial charge in [0.2, 0.25) is 11.8 Å². The molecule has 2 N–H and O–H groups in total. The Morgan fingerprint density at radius 3 is 2.62 bits per heavy atom. The van der Waals surface area contributed by atoms with E-state index in [1.807, 2.05) is 56.1 Å². The molecule has 26 heavy (non-hydrogen) atoms. The SMILES string of the molecule is CCN(C)C(C(=O)NC(C)CNC(=O)Cn1ncnn1)c1ccccc1. The van der Waals surface area contributed by atoms with Gasteiger partial charge in [-0.2, -0.15) is 4.80 Å². The zero-order chi connectivity index (χ0) is 18.9. The van der Waals surface area contributed by atoms with Gasteiger partial charge < -0.3 is 10.6 Å². The van der Waals surface area contributed by atoms with Crippen molar-refractivity contribution in [2.45, 2.75) is 32.5 Å². The first-order valence-corrected chi connectivity index (χ1v) is 8.54. The lowest BCUT2D eigenvalue weighted by Crippen LogP contribution is -2.47. The lowest BCUT2D eigenvalue weighted by molar-refractivity contribution is -0.127. The van der Waals surface area contributed by atoms with Crippen molar-refractivity contribution < 1.29 is 9.59 Å². The Hall–Kier alpha value is -2.81. The molecule has 0 fully saturated rings. The van der Waals surface area contributed by atoms with Crippen molar-refractivity contribution >= 4 is 11.8 Å². The number of hydrogen-bond donors (Lipinski definition) is 2. The van der Waals surface area contributed by atoms with Gasteiger partial charge in [0, 0.05) is 12.6 Å². The number of carbonyl (C=O) groups excluding carboxylic acids is 2. The Morgan fingerprint density at radius 2 is 2.00 bits per heavy atom. The highest BCUT2D eigenvalue weighted by atomic mass is 16.2. The fourth-order valence-corrected chi connectivity index (χ4v) is 2.51. The van der Waals surface area contributed by atoms with Crippen molar-refractivity contribution in [1.29, 1.82) is 0 Å². The number of rotatable bonds is 9. The maximum atomic E-state index is 12.8. The maximum absolute atomic E-state index is 12.8. The molecule has 140 valence electrons. The van der Waals surface area contributed by atoms with E-state index in [1.54, 1.807) is 0 Å². The number of amides is 2. The van der Waals surface area contributed by atoms with Gasteiger partial charge in [0.05, 0.1) is 0 Å². The lowest BCUT2D eigenvalue weighted by Gasteiger charge is -2.28. The van der Waals surface area contributed by atoms with Crippen molar-refractivity contribution in [2.75, 3.05) is 20.1 Å². The number of hydrogen-bond acceptors (Lipinski definition) is 6. The van der Waals surface area contributed by atoms with E-state index in [0.29, 0.717) is 6.54 Å². The van der Waals surface area contributed by atoms with E-state index in [4.69, 9.17) is 0 Å². The van der Waals surface area contributed by atoms with E-state index < -0.39 is 0 Å². The Kier molecular flexibility index (Phi) is 7.22. The molecule has 0 saturated heterocycles. The van der Waals surface area contributed by atoms with Crippen LogP contribution in [-0.4, -0.2) is 63.1 Å². The number of carbonyl (C=O) groups is 2. The normalized spacial score (nSPS) is 13.2. The van der Waals surface area contributed by atoms with Crippen LogP contribution in [-0.2, 0) is 16.1 Å². The predicted molar refractivity (Wildman–Crippen MR) is 95.9 cm³/mol. The quantitative estimate of drug-likeness (QED) is 0.652. The van der Waals surface area contributed by atoms with Crippen LogP contribution in [0.4, 0.5) is 0 Å². The molecule has 0 radical (unpaired) electrons. The zero-order valence-electron chi connectivity index (χ0n) is 15.3. The number of benzene rings is 1. The molecule has 2 amide bonds. The summed E-state index contributed by atoms with van der Waals surface area (Å²) in [6, 6.07) is 9.04. The molecule has 1 heterocycles. The first-order valence-electron chi connectivity index (χ1n) is 8.54. The summed E-state index contributed by atoms with van der Waals surface area (Å²) in [6.07, 6.45) is 1.27. The molecule has 9 nitrogen and oxygen atoms in total. The van der Waals surface area contributed by atoms with Gasteiger partial charge in [-0.05, 0) is 31.3 Å². The highest BCUT2D eigenvalue weighted by molar-refractivity contribution is 5.83. The molecule has 9 heteroatoms. The van der Waals surface area contributed by atoms with Gasteiger partial charge in [-0.3, -0.25) is 14.5 Å². The monoisotopic (exact) mass is 359 g/mol. The van der Waals surface area contributed by atoms with Crippen molar-refractivity contribution in [3.63, 3.8) is 0 Å². The predicted octanol–water partition coefficient (Wildman–Crippen LogP) is -0.0130. The highest BCUT2D eigenvalue weighted by Crippen LogP contribution is 2.19. The third kappa shape index (κ3) is 5.62. The summed E-state index contributed by atoms with van der Waals surface area (Å²) in [5.41, 5.74) is 0.933. The van der Waals surface area contributed by atoms with Crippen LogP contribution in [0.25, 0.3) is 0 Å². The number of nitrogens with zero attached hydrogens (tertiary/aromatic N) is 5. The molecular formula is C17H25N7O2. The van der Waals surface area contributed by atoms with Crippen LogP contribution < -0.4 is 10.6 Å². The average Bonchev–Trinajstić information content (AvgIpc) is 3.14. The summed E-state index contributed by atoms with van der Waals surface area (Å²) < 4.78 is 0. The van der Waals surface area contributed by atoms with Crippen LogP contribution in [0.1, 0.15) is 25.5 Å². The molecule has 2 rings (SSSR count). The van der Waals surface area contributed by atoms with Crippen LogP contribution in [0, 0.1) is 0 Å². The summed E-state index contributed by atoms with van der Waals surface area (Å²) in [4.78, 5) is 27.8. The van der Waals surface area contributed by atoms with Crippen molar-refractivity contribution in [3.8, 4) is 0 Å². The second-order valence-corrected chi connectivity index (χ2v) is 6.07. The minimum atomic E-state index is -0.376. The third-order valence-electron chi connectivity index (χ3n) is 3.97. The molecule has 1 aromatic carbocycles. The van der Waals surface area contributed by atoms with Gasteiger partial charge in [-0.15, -0.1) is 10.2 Å². The third-order valence-corrected chi connectivity index (χ3v) is 3.97. The summed E-state index contributed by atoms with van der Waals surface area (Å²) in [6.45, 7) is 4.90. The molecule has 2 aromatic rings. The van der Waals surface area contributed by atoms with Gasteiger partial charge in [0.15, 0.2) is 6.33 Å². The van der Waals surface area contributed by atoms with Crippen LogP contribution in [0.5, 0.6) is 0 Å². The van der Waals surface area contributed by atoms with Crippen LogP contribution >= 0.6 is 0 Å². The van der Waals surface area contributed by atoms with E-state index in [-0.39, 0.29) is 30.4 Å². The number of likely N-dealkylation sites (N-methyl/N-ethyl adjacent to an activating group) is 1. The van der Waals surface area contributed by atoms with Crippen molar-refractivity contribution in [3.05, 3.63) is 42.2 Å². The Labute approximate surface area is 152 Å². The minimum Gasteiger partial charge on any atom is -0.352 e. The van der Waals surface area contributed by atoms with E-state index >= 15 is 0 Å². The molecule has 0 bridgehead atoms. The number of aromatic nitrogens is 4. The molecule has 0 saturated carbocycles. The highest BCUT2D eigenvalue weighted by Gasteiger charge is 2.25. The first kappa shape index (κ1) is 19.5. The second kappa shape index (κ2) is 9.62. The minimum absolute atomic E-state index is 0.00806. The van der Waals surface area contributed by atoms with Crippen LogP contribution in [0.15, 0.2) is 36.7 Å². The van der Waals surface area contributed by atoms with Gasteiger partial charge >= 0.3 is 0 Å². The molecule has 0 aliphatic rings.